The summed E-state index contributed by atoms with van der Waals surface area (Å²) in [6, 6.07) is 9.63. The first kappa shape index (κ1) is 21.4. The molecule has 2 aromatic carbocycles. The number of benzene rings is 2. The fraction of sp³-hybridized carbons (Fsp3) is 0.368. The summed E-state index contributed by atoms with van der Waals surface area (Å²) in [5, 5.41) is 0. The van der Waals surface area contributed by atoms with Crippen molar-refractivity contribution in [2.45, 2.75) is 43.4 Å². The van der Waals surface area contributed by atoms with Crippen LogP contribution in [-0.2, 0) is 26.5 Å². The van der Waals surface area contributed by atoms with Crippen molar-refractivity contribution < 1.29 is 16.8 Å². The smallest absolute Gasteiger partial charge is 0.261 e. The summed E-state index contributed by atoms with van der Waals surface area (Å²) < 4.78 is 54.0. The number of nitrogens with one attached hydrogen (secondary N) is 1. The van der Waals surface area contributed by atoms with Gasteiger partial charge in [0.15, 0.2) is 0 Å². The summed E-state index contributed by atoms with van der Waals surface area (Å²) in [6.07, 6.45) is 1.87. The third-order valence-corrected chi connectivity index (χ3v) is 7.61. The average molecular weight is 411 g/mol. The molecule has 0 spiro atoms. The zero-order chi connectivity index (χ0) is 20.4. The SMILES string of the molecule is CCCc1ccc(S(=O)(=O)Nc2cc(S(=O)(=O)N(C)C)cc(C)c2C)cc1. The fourth-order valence-corrected chi connectivity index (χ4v) is 4.75. The lowest BCUT2D eigenvalue weighted by atomic mass is 10.1. The highest BCUT2D eigenvalue weighted by Crippen LogP contribution is 2.27. The van der Waals surface area contributed by atoms with Crippen LogP contribution in [0.3, 0.4) is 0 Å². The minimum atomic E-state index is -3.83. The molecule has 0 aromatic heterocycles. The van der Waals surface area contributed by atoms with Crippen molar-refractivity contribution in [3.8, 4) is 0 Å². The number of hydrogen-bond acceptors (Lipinski definition) is 4. The topological polar surface area (TPSA) is 83.5 Å². The lowest BCUT2D eigenvalue weighted by Crippen LogP contribution is -2.23. The highest BCUT2D eigenvalue weighted by atomic mass is 32.2. The summed E-state index contributed by atoms with van der Waals surface area (Å²) in [7, 11) is -4.62. The molecule has 0 radical (unpaired) electrons. The molecule has 0 fully saturated rings. The summed E-state index contributed by atoms with van der Waals surface area (Å²) >= 11 is 0. The molecule has 0 saturated carbocycles. The van der Waals surface area contributed by atoms with Gasteiger partial charge in [-0.05, 0) is 61.2 Å². The normalized spacial score (nSPS) is 12.4. The largest absolute Gasteiger partial charge is 0.279 e. The first-order valence-corrected chi connectivity index (χ1v) is 11.6. The third kappa shape index (κ3) is 4.69. The van der Waals surface area contributed by atoms with Crippen molar-refractivity contribution >= 4 is 25.7 Å². The summed E-state index contributed by atoms with van der Waals surface area (Å²) in [6.45, 7) is 5.57. The molecule has 6 nitrogen and oxygen atoms in total. The first-order chi connectivity index (χ1) is 12.5. The third-order valence-electron chi connectivity index (χ3n) is 4.44. The van der Waals surface area contributed by atoms with E-state index in [1.165, 1.54) is 20.2 Å². The standard InChI is InChI=1S/C19H26N2O4S2/c1-6-7-16-8-10-17(11-9-16)26(22,23)20-19-13-18(12-14(2)15(19)3)27(24,25)21(4)5/h8-13,20H,6-7H2,1-5H3. The Kier molecular flexibility index (Phi) is 6.34. The molecule has 0 aliphatic rings. The molecule has 0 amide bonds. The number of aryl methyl sites for hydroxylation is 2. The van der Waals surface area contributed by atoms with E-state index in [4.69, 9.17) is 0 Å². The van der Waals surface area contributed by atoms with E-state index in [0.717, 1.165) is 22.7 Å². The van der Waals surface area contributed by atoms with Crippen LogP contribution in [-0.4, -0.2) is 35.2 Å². The van der Waals surface area contributed by atoms with Crippen LogP contribution in [0.1, 0.15) is 30.0 Å². The van der Waals surface area contributed by atoms with Gasteiger partial charge in [0.1, 0.15) is 0 Å². The maximum atomic E-state index is 12.8. The van der Waals surface area contributed by atoms with Gasteiger partial charge in [0.25, 0.3) is 10.0 Å². The number of rotatable bonds is 7. The molecule has 0 aliphatic carbocycles. The van der Waals surface area contributed by atoms with Gasteiger partial charge in [-0.3, -0.25) is 4.72 Å². The van der Waals surface area contributed by atoms with E-state index in [-0.39, 0.29) is 15.5 Å². The van der Waals surface area contributed by atoms with Crippen molar-refractivity contribution in [1.82, 2.24) is 4.31 Å². The molecule has 1 N–H and O–H groups in total. The Morgan fingerprint density at radius 2 is 1.52 bits per heavy atom. The van der Waals surface area contributed by atoms with Crippen LogP contribution in [0.15, 0.2) is 46.2 Å². The van der Waals surface area contributed by atoms with Gasteiger partial charge in [0, 0.05) is 14.1 Å². The second-order valence-corrected chi connectivity index (χ2v) is 10.5. The van der Waals surface area contributed by atoms with Crippen molar-refractivity contribution in [3.63, 3.8) is 0 Å². The van der Waals surface area contributed by atoms with Crippen LogP contribution in [0.4, 0.5) is 5.69 Å². The van der Waals surface area contributed by atoms with E-state index in [1.54, 1.807) is 44.2 Å². The lowest BCUT2D eigenvalue weighted by Gasteiger charge is -2.17. The van der Waals surface area contributed by atoms with Gasteiger partial charge in [0.2, 0.25) is 10.0 Å². The molecule has 0 unspecified atom stereocenters. The van der Waals surface area contributed by atoms with Gasteiger partial charge in [0.05, 0.1) is 15.5 Å². The van der Waals surface area contributed by atoms with Crippen LogP contribution in [0.25, 0.3) is 0 Å². The molecule has 2 aromatic rings. The van der Waals surface area contributed by atoms with Crippen molar-refractivity contribution in [2.24, 2.45) is 0 Å². The molecule has 2 rings (SSSR count). The van der Waals surface area contributed by atoms with Gasteiger partial charge < -0.3 is 0 Å². The maximum Gasteiger partial charge on any atom is 0.261 e. The number of anilines is 1. The van der Waals surface area contributed by atoms with Gasteiger partial charge in [-0.2, -0.15) is 0 Å². The molecule has 148 valence electrons. The summed E-state index contributed by atoms with van der Waals surface area (Å²) in [5.41, 5.74) is 2.70. The Bertz CT molecular complexity index is 1030. The van der Waals surface area contributed by atoms with Crippen LogP contribution >= 0.6 is 0 Å². The van der Waals surface area contributed by atoms with E-state index in [0.29, 0.717) is 11.1 Å². The zero-order valence-corrected chi connectivity index (χ0v) is 17.9. The quantitative estimate of drug-likeness (QED) is 0.759. The van der Waals surface area contributed by atoms with E-state index in [9.17, 15) is 16.8 Å². The number of hydrogen-bond donors (Lipinski definition) is 1. The first-order valence-electron chi connectivity index (χ1n) is 8.64. The van der Waals surface area contributed by atoms with E-state index in [1.807, 2.05) is 0 Å². The van der Waals surface area contributed by atoms with Crippen molar-refractivity contribution in [3.05, 3.63) is 53.1 Å². The Balaban J connectivity index is 2.45. The van der Waals surface area contributed by atoms with Gasteiger partial charge in [-0.1, -0.05) is 25.5 Å². The molecule has 27 heavy (non-hydrogen) atoms. The average Bonchev–Trinajstić information content (AvgIpc) is 2.59. The van der Waals surface area contributed by atoms with Crippen LogP contribution in [0, 0.1) is 13.8 Å². The van der Waals surface area contributed by atoms with Crippen LogP contribution < -0.4 is 4.72 Å². The Labute approximate surface area is 162 Å². The Hall–Kier alpha value is -1.90. The van der Waals surface area contributed by atoms with Crippen LogP contribution in [0.2, 0.25) is 0 Å². The lowest BCUT2D eigenvalue weighted by molar-refractivity contribution is 0.520. The van der Waals surface area contributed by atoms with Crippen LogP contribution in [0.5, 0.6) is 0 Å². The zero-order valence-electron chi connectivity index (χ0n) is 16.3. The summed E-state index contributed by atoms with van der Waals surface area (Å²) in [4.78, 5) is 0.187. The van der Waals surface area contributed by atoms with Gasteiger partial charge in [-0.15, -0.1) is 0 Å². The predicted molar refractivity (Wildman–Crippen MR) is 108 cm³/mol. The molecule has 0 heterocycles. The predicted octanol–water partition coefficient (Wildman–Crippen LogP) is 3.31. The Morgan fingerprint density at radius 1 is 0.926 bits per heavy atom. The van der Waals surface area contributed by atoms with Gasteiger partial charge >= 0.3 is 0 Å². The molecular weight excluding hydrogens is 384 g/mol. The number of sulfonamides is 2. The van der Waals surface area contributed by atoms with Gasteiger partial charge in [-0.25, -0.2) is 21.1 Å². The minimum Gasteiger partial charge on any atom is -0.279 e. The molecule has 0 bridgehead atoms. The molecular formula is C19H26N2O4S2. The number of nitrogens with zero attached hydrogens (tertiary/aromatic N) is 1. The van der Waals surface area contributed by atoms with E-state index in [2.05, 4.69) is 11.6 Å². The van der Waals surface area contributed by atoms with E-state index >= 15 is 0 Å². The Morgan fingerprint density at radius 3 is 2.04 bits per heavy atom. The fourth-order valence-electron chi connectivity index (χ4n) is 2.62. The second-order valence-electron chi connectivity index (χ2n) is 6.70. The minimum absolute atomic E-state index is 0.0478. The maximum absolute atomic E-state index is 12.8. The monoisotopic (exact) mass is 410 g/mol. The highest BCUT2D eigenvalue weighted by Gasteiger charge is 2.22. The molecule has 0 atom stereocenters. The second kappa shape index (κ2) is 8.00. The molecule has 0 saturated heterocycles. The molecule has 0 aliphatic heterocycles. The highest BCUT2D eigenvalue weighted by molar-refractivity contribution is 7.92. The molecule has 8 heteroatoms. The van der Waals surface area contributed by atoms with Crippen molar-refractivity contribution in [1.29, 1.82) is 0 Å². The van der Waals surface area contributed by atoms with Crippen molar-refractivity contribution in [2.75, 3.05) is 18.8 Å². The summed E-state index contributed by atoms with van der Waals surface area (Å²) in [5.74, 6) is 0. The van der Waals surface area contributed by atoms with E-state index < -0.39 is 20.0 Å².